The van der Waals surface area contributed by atoms with Crippen LogP contribution < -0.4 is 5.73 Å². The molecule has 1 atom stereocenters. The van der Waals surface area contributed by atoms with Crippen LogP contribution in [0.3, 0.4) is 0 Å². The minimum atomic E-state index is -0.741. The molecule has 17 heavy (non-hydrogen) atoms. The first-order valence-electron chi connectivity index (χ1n) is 5.27. The van der Waals surface area contributed by atoms with Crippen LogP contribution in [0.5, 0.6) is 0 Å². The third kappa shape index (κ3) is 2.23. The molecule has 0 spiro atoms. The summed E-state index contributed by atoms with van der Waals surface area (Å²) in [6.45, 7) is 3.85. The summed E-state index contributed by atoms with van der Waals surface area (Å²) in [4.78, 5) is 1.90. The third-order valence-corrected chi connectivity index (χ3v) is 3.91. The molecule has 0 fully saturated rings. The van der Waals surface area contributed by atoms with E-state index in [0.29, 0.717) is 0 Å². The van der Waals surface area contributed by atoms with Gasteiger partial charge in [0.15, 0.2) is 0 Å². The van der Waals surface area contributed by atoms with Crippen molar-refractivity contribution in [1.29, 1.82) is 0 Å². The van der Waals surface area contributed by atoms with Crippen LogP contribution in [0.25, 0.3) is 0 Å². The zero-order valence-corrected chi connectivity index (χ0v) is 10.4. The molecule has 0 amide bonds. The molecule has 0 aliphatic heterocycles. The van der Waals surface area contributed by atoms with Crippen LogP contribution in [-0.2, 0) is 0 Å². The van der Waals surface area contributed by atoms with Crippen LogP contribution in [0.4, 0.5) is 8.78 Å². The smallest absolute Gasteiger partial charge is 0.131 e. The number of hydrogen-bond acceptors (Lipinski definition) is 2. The molecule has 0 aliphatic carbocycles. The van der Waals surface area contributed by atoms with Gasteiger partial charge in [-0.2, -0.15) is 0 Å². The summed E-state index contributed by atoms with van der Waals surface area (Å²) in [6, 6.07) is 5.03. The van der Waals surface area contributed by atoms with Crippen LogP contribution in [0, 0.1) is 25.5 Å². The second-order valence-corrected chi connectivity index (χ2v) is 5.31. The van der Waals surface area contributed by atoms with Crippen LogP contribution in [-0.4, -0.2) is 0 Å². The number of benzene rings is 1. The highest BCUT2D eigenvalue weighted by atomic mass is 32.1. The summed E-state index contributed by atoms with van der Waals surface area (Å²) in [5.41, 5.74) is 6.88. The number of rotatable bonds is 2. The maximum absolute atomic E-state index is 13.6. The van der Waals surface area contributed by atoms with Crippen molar-refractivity contribution >= 4 is 11.3 Å². The second-order valence-electron chi connectivity index (χ2n) is 4.02. The van der Waals surface area contributed by atoms with Gasteiger partial charge in [0.1, 0.15) is 11.6 Å². The van der Waals surface area contributed by atoms with E-state index < -0.39 is 17.7 Å². The summed E-state index contributed by atoms with van der Waals surface area (Å²) >= 11 is 1.48. The Bertz CT molecular complexity index is 528. The van der Waals surface area contributed by atoms with Gasteiger partial charge in [-0.1, -0.05) is 6.07 Å². The van der Waals surface area contributed by atoms with Gasteiger partial charge in [0.05, 0.1) is 6.04 Å². The van der Waals surface area contributed by atoms with Gasteiger partial charge in [-0.05, 0) is 37.6 Å². The molecule has 2 rings (SSSR count). The minimum absolute atomic E-state index is 0.0579. The van der Waals surface area contributed by atoms with Crippen molar-refractivity contribution < 1.29 is 8.78 Å². The fourth-order valence-corrected chi connectivity index (χ4v) is 2.95. The molecule has 0 radical (unpaired) electrons. The topological polar surface area (TPSA) is 26.0 Å². The van der Waals surface area contributed by atoms with Gasteiger partial charge in [-0.3, -0.25) is 0 Å². The predicted molar refractivity (Wildman–Crippen MR) is 66.2 cm³/mol. The molecule has 2 aromatic rings. The highest BCUT2D eigenvalue weighted by Gasteiger charge is 2.21. The van der Waals surface area contributed by atoms with Crippen molar-refractivity contribution in [3.05, 3.63) is 56.8 Å². The monoisotopic (exact) mass is 253 g/mol. The second kappa shape index (κ2) is 4.55. The summed E-state index contributed by atoms with van der Waals surface area (Å²) < 4.78 is 27.2. The summed E-state index contributed by atoms with van der Waals surface area (Å²) in [7, 11) is 0. The Morgan fingerprint density at radius 1 is 1.18 bits per heavy atom. The van der Waals surface area contributed by atoms with Gasteiger partial charge >= 0.3 is 0 Å². The Morgan fingerprint density at radius 2 is 1.76 bits per heavy atom. The first kappa shape index (κ1) is 12.2. The molecule has 0 saturated heterocycles. The molecular weight excluding hydrogens is 240 g/mol. The van der Waals surface area contributed by atoms with Crippen molar-refractivity contribution in [2.75, 3.05) is 0 Å². The van der Waals surface area contributed by atoms with E-state index in [1.165, 1.54) is 29.5 Å². The van der Waals surface area contributed by atoms with Crippen LogP contribution >= 0.6 is 11.3 Å². The highest BCUT2D eigenvalue weighted by molar-refractivity contribution is 7.12. The summed E-state index contributed by atoms with van der Waals surface area (Å²) in [6.07, 6.45) is 0. The van der Waals surface area contributed by atoms with Gasteiger partial charge in [0.2, 0.25) is 0 Å². The number of halogens is 2. The molecule has 1 aromatic carbocycles. The van der Waals surface area contributed by atoms with E-state index in [0.717, 1.165) is 15.3 Å². The van der Waals surface area contributed by atoms with Crippen LogP contribution in [0.2, 0.25) is 0 Å². The van der Waals surface area contributed by atoms with Gasteiger partial charge in [-0.15, -0.1) is 11.3 Å². The maximum Gasteiger partial charge on any atom is 0.131 e. The first-order chi connectivity index (χ1) is 8.00. The fraction of sp³-hybridized carbons (Fsp3) is 0.231. The Kier molecular flexibility index (Phi) is 3.26. The summed E-state index contributed by atoms with van der Waals surface area (Å²) in [5, 5.41) is 0. The van der Waals surface area contributed by atoms with E-state index in [1.807, 2.05) is 19.9 Å². The van der Waals surface area contributed by atoms with Gasteiger partial charge in [0.25, 0.3) is 0 Å². The molecule has 90 valence electrons. The molecule has 1 nitrogen and oxygen atoms in total. The van der Waals surface area contributed by atoms with Gasteiger partial charge in [0, 0.05) is 15.3 Å². The SMILES string of the molecule is Cc1cc(C)c(C(N)c2c(F)cccc2F)s1. The average Bonchev–Trinajstić information content (AvgIpc) is 2.57. The minimum Gasteiger partial charge on any atom is -0.319 e. The zero-order chi connectivity index (χ0) is 12.6. The van der Waals surface area contributed by atoms with Crippen molar-refractivity contribution in [2.24, 2.45) is 5.73 Å². The molecule has 0 saturated carbocycles. The Morgan fingerprint density at radius 3 is 2.24 bits per heavy atom. The Hall–Kier alpha value is -1.26. The molecule has 4 heteroatoms. The van der Waals surface area contributed by atoms with Crippen molar-refractivity contribution in [3.63, 3.8) is 0 Å². The normalized spacial score (nSPS) is 12.8. The van der Waals surface area contributed by atoms with Crippen LogP contribution in [0.15, 0.2) is 24.3 Å². The lowest BCUT2D eigenvalue weighted by Crippen LogP contribution is -2.15. The standard InChI is InChI=1S/C13H13F2NS/c1-7-6-8(2)17-13(7)12(16)11-9(14)4-3-5-10(11)15/h3-6,12H,16H2,1-2H3. The Balaban J connectivity index is 2.51. The van der Waals surface area contributed by atoms with E-state index in [4.69, 9.17) is 5.73 Å². The third-order valence-electron chi connectivity index (χ3n) is 2.67. The lowest BCUT2D eigenvalue weighted by Gasteiger charge is -2.13. The largest absolute Gasteiger partial charge is 0.319 e. The van der Waals surface area contributed by atoms with Gasteiger partial charge in [-0.25, -0.2) is 8.78 Å². The van der Waals surface area contributed by atoms with E-state index >= 15 is 0 Å². The molecule has 0 bridgehead atoms. The lowest BCUT2D eigenvalue weighted by molar-refractivity contribution is 0.544. The molecular formula is C13H13F2NS. The van der Waals surface area contributed by atoms with Crippen molar-refractivity contribution in [1.82, 2.24) is 0 Å². The molecule has 1 heterocycles. The number of hydrogen-bond donors (Lipinski definition) is 1. The molecule has 0 aliphatic rings. The quantitative estimate of drug-likeness (QED) is 0.867. The number of aryl methyl sites for hydroxylation is 2. The van der Waals surface area contributed by atoms with Crippen molar-refractivity contribution in [3.8, 4) is 0 Å². The number of thiophene rings is 1. The van der Waals surface area contributed by atoms with Crippen molar-refractivity contribution in [2.45, 2.75) is 19.9 Å². The van der Waals surface area contributed by atoms with E-state index in [1.54, 1.807) is 0 Å². The van der Waals surface area contributed by atoms with E-state index in [-0.39, 0.29) is 5.56 Å². The van der Waals surface area contributed by atoms with E-state index in [9.17, 15) is 8.78 Å². The summed E-state index contributed by atoms with van der Waals surface area (Å²) in [5.74, 6) is -1.19. The highest BCUT2D eigenvalue weighted by Crippen LogP contribution is 2.32. The zero-order valence-electron chi connectivity index (χ0n) is 9.63. The van der Waals surface area contributed by atoms with Gasteiger partial charge < -0.3 is 5.73 Å². The number of nitrogens with two attached hydrogens (primary N) is 1. The first-order valence-corrected chi connectivity index (χ1v) is 6.08. The lowest BCUT2D eigenvalue weighted by atomic mass is 10.0. The fourth-order valence-electron chi connectivity index (χ4n) is 1.91. The maximum atomic E-state index is 13.6. The average molecular weight is 253 g/mol. The Labute approximate surface area is 103 Å². The molecule has 1 aromatic heterocycles. The predicted octanol–water partition coefficient (Wildman–Crippen LogP) is 3.69. The van der Waals surface area contributed by atoms with E-state index in [2.05, 4.69) is 0 Å². The molecule has 1 unspecified atom stereocenters. The van der Waals surface area contributed by atoms with Crippen LogP contribution in [0.1, 0.15) is 26.9 Å². The molecule has 2 N–H and O–H groups in total.